The molecule has 0 amide bonds. The Morgan fingerprint density at radius 2 is 1.90 bits per heavy atom. The van der Waals surface area contributed by atoms with Gasteiger partial charge >= 0.3 is 0 Å². The fourth-order valence-corrected chi connectivity index (χ4v) is 3.38. The maximum absolute atomic E-state index is 5.17. The molecule has 1 nitrogen and oxygen atoms in total. The lowest BCUT2D eigenvalue weighted by molar-refractivity contribution is 0.415. The third-order valence-corrected chi connectivity index (χ3v) is 4.59. The summed E-state index contributed by atoms with van der Waals surface area (Å²) in [6, 6.07) is 16.8. The largest absolute Gasteiger partial charge is 0.497 e. The molecule has 2 atom stereocenters. The Balaban J connectivity index is 1.66. The number of hydrogen-bond donors (Lipinski definition) is 0. The van der Waals surface area contributed by atoms with E-state index in [0.717, 1.165) is 17.2 Å². The van der Waals surface area contributed by atoms with Gasteiger partial charge in [0.15, 0.2) is 0 Å². The van der Waals surface area contributed by atoms with Crippen molar-refractivity contribution in [3.05, 3.63) is 65.2 Å². The van der Waals surface area contributed by atoms with E-state index in [1.807, 2.05) is 24.3 Å². The predicted molar refractivity (Wildman–Crippen MR) is 79.8 cm³/mol. The Kier molecular flexibility index (Phi) is 2.41. The van der Waals surface area contributed by atoms with Crippen molar-refractivity contribution in [2.45, 2.75) is 18.3 Å². The lowest BCUT2D eigenvalue weighted by Crippen LogP contribution is -2.02. The third kappa shape index (κ3) is 1.65. The first-order chi connectivity index (χ1) is 9.82. The molecule has 20 heavy (non-hydrogen) atoms. The Hall–Kier alpha value is -2.20. The van der Waals surface area contributed by atoms with Crippen LogP contribution in [0.1, 0.15) is 23.1 Å². The van der Waals surface area contributed by atoms with E-state index in [0.29, 0.717) is 0 Å². The molecule has 1 heteroatoms. The summed E-state index contributed by atoms with van der Waals surface area (Å²) in [6.07, 6.45) is 2.43. The average molecular weight is 260 g/mol. The van der Waals surface area contributed by atoms with E-state index in [2.05, 4.69) is 36.1 Å². The van der Waals surface area contributed by atoms with E-state index in [-0.39, 0.29) is 5.41 Å². The highest BCUT2D eigenvalue weighted by Gasteiger charge is 2.59. The predicted octanol–water partition coefficient (Wildman–Crippen LogP) is 3.56. The van der Waals surface area contributed by atoms with Crippen LogP contribution >= 0.6 is 0 Å². The minimum Gasteiger partial charge on any atom is -0.497 e. The Morgan fingerprint density at radius 3 is 2.70 bits per heavy atom. The van der Waals surface area contributed by atoms with Gasteiger partial charge in [0.1, 0.15) is 5.75 Å². The lowest BCUT2D eigenvalue weighted by Gasteiger charge is -2.07. The van der Waals surface area contributed by atoms with Crippen LogP contribution < -0.4 is 4.74 Å². The number of ether oxygens (including phenoxy) is 1. The zero-order valence-electron chi connectivity index (χ0n) is 11.5. The van der Waals surface area contributed by atoms with Crippen molar-refractivity contribution in [1.82, 2.24) is 0 Å². The van der Waals surface area contributed by atoms with E-state index >= 15 is 0 Å². The molecule has 0 aliphatic heterocycles. The van der Waals surface area contributed by atoms with Crippen molar-refractivity contribution in [2.24, 2.45) is 5.92 Å². The van der Waals surface area contributed by atoms with E-state index in [9.17, 15) is 0 Å². The number of fused-ring (bicyclic) bond motifs is 3. The summed E-state index contributed by atoms with van der Waals surface area (Å²) in [6.45, 7) is 0. The van der Waals surface area contributed by atoms with Gasteiger partial charge in [0.25, 0.3) is 0 Å². The van der Waals surface area contributed by atoms with Crippen LogP contribution in [0.5, 0.6) is 5.75 Å². The molecule has 0 saturated heterocycles. The first-order valence-electron chi connectivity index (χ1n) is 7.07. The van der Waals surface area contributed by atoms with Crippen molar-refractivity contribution < 1.29 is 4.74 Å². The third-order valence-electron chi connectivity index (χ3n) is 4.59. The maximum Gasteiger partial charge on any atom is 0.118 e. The van der Waals surface area contributed by atoms with Gasteiger partial charge in [-0.2, -0.15) is 0 Å². The molecular weight excluding hydrogens is 244 g/mol. The topological polar surface area (TPSA) is 9.23 Å². The summed E-state index contributed by atoms with van der Waals surface area (Å²) >= 11 is 0. The van der Waals surface area contributed by atoms with Gasteiger partial charge in [-0.3, -0.25) is 0 Å². The normalized spacial score (nSPS) is 25.1. The summed E-state index contributed by atoms with van der Waals surface area (Å²) in [4.78, 5) is 0. The molecule has 2 aliphatic carbocycles. The van der Waals surface area contributed by atoms with Crippen molar-refractivity contribution in [3.63, 3.8) is 0 Å². The van der Waals surface area contributed by atoms with Crippen LogP contribution in [0.2, 0.25) is 0 Å². The molecule has 0 bridgehead atoms. The molecule has 0 aromatic heterocycles. The summed E-state index contributed by atoms with van der Waals surface area (Å²) in [5.41, 5.74) is 4.17. The molecule has 1 fully saturated rings. The zero-order valence-corrected chi connectivity index (χ0v) is 11.5. The molecule has 2 unspecified atom stereocenters. The minimum atomic E-state index is 0.149. The fourth-order valence-electron chi connectivity index (χ4n) is 3.38. The molecule has 2 aromatic carbocycles. The average Bonchev–Trinajstić information content (AvgIpc) is 3.12. The summed E-state index contributed by atoms with van der Waals surface area (Å²) in [7, 11) is 1.68. The van der Waals surface area contributed by atoms with Crippen LogP contribution in [-0.4, -0.2) is 7.11 Å². The molecule has 0 N–H and O–H groups in total. The lowest BCUT2D eigenvalue weighted by atomic mass is 9.96. The van der Waals surface area contributed by atoms with Gasteiger partial charge in [0.2, 0.25) is 0 Å². The molecule has 2 aliphatic rings. The molecule has 4 rings (SSSR count). The van der Waals surface area contributed by atoms with E-state index < -0.39 is 0 Å². The highest BCUT2D eigenvalue weighted by atomic mass is 16.5. The zero-order chi connectivity index (χ0) is 13.6. The fraction of sp³-hybridized carbons (Fsp3) is 0.263. The molecular formula is C19H16O. The monoisotopic (exact) mass is 260 g/mol. The van der Waals surface area contributed by atoms with Crippen molar-refractivity contribution in [2.75, 3.05) is 7.11 Å². The molecule has 0 heterocycles. The smallest absolute Gasteiger partial charge is 0.118 e. The molecule has 0 radical (unpaired) electrons. The number of rotatable bonds is 1. The van der Waals surface area contributed by atoms with Crippen LogP contribution in [0.4, 0.5) is 0 Å². The van der Waals surface area contributed by atoms with Gasteiger partial charge in [0.05, 0.1) is 12.5 Å². The summed E-state index contributed by atoms with van der Waals surface area (Å²) < 4.78 is 5.17. The number of hydrogen-bond acceptors (Lipinski definition) is 1. The second-order valence-electron chi connectivity index (χ2n) is 5.71. The van der Waals surface area contributed by atoms with Crippen molar-refractivity contribution >= 4 is 0 Å². The van der Waals surface area contributed by atoms with Gasteiger partial charge in [-0.05, 0) is 54.2 Å². The van der Waals surface area contributed by atoms with Crippen LogP contribution in [0.25, 0.3) is 0 Å². The first kappa shape index (κ1) is 11.6. The van der Waals surface area contributed by atoms with Gasteiger partial charge < -0.3 is 4.74 Å². The number of methoxy groups -OCH3 is 1. The Bertz CT molecular complexity index is 717. The minimum absolute atomic E-state index is 0.149. The highest BCUT2D eigenvalue weighted by Crippen LogP contribution is 2.61. The molecule has 98 valence electrons. The summed E-state index contributed by atoms with van der Waals surface area (Å²) in [5, 5.41) is 0. The van der Waals surface area contributed by atoms with E-state index in [1.165, 1.54) is 24.0 Å². The van der Waals surface area contributed by atoms with Gasteiger partial charge in [-0.25, -0.2) is 0 Å². The standard InChI is InChI=1S/C19H16O/c1-20-17-8-6-14(7-9-17)10-11-19-13-16(19)12-15-4-2-3-5-18(15)19/h2-9,16H,12-13H2,1H3. The molecule has 1 saturated carbocycles. The summed E-state index contributed by atoms with van der Waals surface area (Å²) in [5.74, 6) is 8.53. The second kappa shape index (κ2) is 4.15. The SMILES string of the molecule is COc1ccc(C#CC23CC2Cc2ccccc23)cc1. The van der Waals surface area contributed by atoms with Crippen molar-refractivity contribution in [3.8, 4) is 17.6 Å². The van der Waals surface area contributed by atoms with Crippen LogP contribution in [0.15, 0.2) is 48.5 Å². The Labute approximate surface area is 119 Å². The Morgan fingerprint density at radius 1 is 1.10 bits per heavy atom. The van der Waals surface area contributed by atoms with Crippen LogP contribution in [0.3, 0.4) is 0 Å². The van der Waals surface area contributed by atoms with Crippen molar-refractivity contribution in [1.29, 1.82) is 0 Å². The molecule has 2 aromatic rings. The first-order valence-corrected chi connectivity index (χ1v) is 7.07. The van der Waals surface area contributed by atoms with Gasteiger partial charge in [0, 0.05) is 5.56 Å². The second-order valence-corrected chi connectivity index (χ2v) is 5.71. The van der Waals surface area contributed by atoms with Gasteiger partial charge in [-0.1, -0.05) is 36.1 Å². The number of benzene rings is 2. The highest BCUT2D eigenvalue weighted by molar-refractivity contribution is 5.55. The van der Waals surface area contributed by atoms with Crippen LogP contribution in [0, 0.1) is 17.8 Å². The van der Waals surface area contributed by atoms with E-state index in [1.54, 1.807) is 7.11 Å². The maximum atomic E-state index is 5.17. The van der Waals surface area contributed by atoms with Crippen LogP contribution in [-0.2, 0) is 11.8 Å². The quantitative estimate of drug-likeness (QED) is 0.712. The van der Waals surface area contributed by atoms with E-state index in [4.69, 9.17) is 4.74 Å². The molecule has 0 spiro atoms. The van der Waals surface area contributed by atoms with Gasteiger partial charge in [-0.15, -0.1) is 0 Å².